The number of aliphatic hydroxyl groups excluding tert-OH is 1. The van der Waals surface area contributed by atoms with E-state index in [0.29, 0.717) is 6.42 Å². The number of hydrogen-bond donors (Lipinski definition) is 1. The summed E-state index contributed by atoms with van der Waals surface area (Å²) in [6.45, 7) is -5.42. The Labute approximate surface area is 87.0 Å². The Balaban J connectivity index is 4.18. The molecule has 0 aliphatic rings. The highest BCUT2D eigenvalue weighted by molar-refractivity contribution is 4.48. The second-order valence-corrected chi connectivity index (χ2v) is 3.07. The van der Waals surface area contributed by atoms with E-state index in [9.17, 15) is 0 Å². The maximum absolute atomic E-state index is 8.60. The van der Waals surface area contributed by atoms with Crippen LogP contribution in [-0.4, -0.2) is 11.7 Å². The minimum atomic E-state index is -2.80. The van der Waals surface area contributed by atoms with Gasteiger partial charge in [-0.3, -0.25) is 0 Å². The zero-order valence-corrected chi connectivity index (χ0v) is 7.60. The summed E-state index contributed by atoms with van der Waals surface area (Å²) in [6, 6.07) is 0. The third-order valence-corrected chi connectivity index (χ3v) is 1.83. The largest absolute Gasteiger partial charge is 0.396 e. The molecule has 0 bridgehead atoms. The molecule has 1 N–H and O–H groups in total. The van der Waals surface area contributed by atoms with Gasteiger partial charge in [-0.1, -0.05) is 52.2 Å². The normalized spacial score (nSPS) is 22.6. The zero-order valence-electron chi connectivity index (χ0n) is 14.6. The molecule has 0 amide bonds. The van der Waals surface area contributed by atoms with Gasteiger partial charge in [0.15, 0.2) is 0 Å². The van der Waals surface area contributed by atoms with E-state index < -0.39 is 19.6 Å². The molecule has 1 heteroatoms. The van der Waals surface area contributed by atoms with Crippen LogP contribution in [0.4, 0.5) is 0 Å². The van der Waals surface area contributed by atoms with Crippen LogP contribution in [0.3, 0.4) is 0 Å². The van der Waals surface area contributed by atoms with Gasteiger partial charge < -0.3 is 5.11 Å². The molecule has 0 unspecified atom stereocenters. The van der Waals surface area contributed by atoms with Gasteiger partial charge in [-0.05, 0) is 12.3 Å². The van der Waals surface area contributed by atoms with E-state index in [1.54, 1.807) is 0 Å². The van der Waals surface area contributed by atoms with Crippen LogP contribution in [0.1, 0.15) is 68.2 Å². The molecule has 0 aliphatic carbocycles. The van der Waals surface area contributed by atoms with Gasteiger partial charge >= 0.3 is 0 Å². The van der Waals surface area contributed by atoms with Gasteiger partial charge in [0.25, 0.3) is 0 Å². The zero-order chi connectivity index (χ0) is 15.2. The van der Waals surface area contributed by atoms with Crippen LogP contribution in [-0.2, 0) is 0 Å². The van der Waals surface area contributed by atoms with E-state index in [-0.39, 0.29) is 13.0 Å². The monoisotopic (exact) mass is 179 g/mol. The van der Waals surface area contributed by atoms with Gasteiger partial charge in [0.1, 0.15) is 0 Å². The lowest BCUT2D eigenvalue weighted by molar-refractivity contribution is 0.282. The first-order chi connectivity index (χ1) is 8.56. The van der Waals surface area contributed by atoms with Crippen molar-refractivity contribution < 1.29 is 14.7 Å². The van der Waals surface area contributed by atoms with Gasteiger partial charge in [-0.25, -0.2) is 0 Å². The summed E-state index contributed by atoms with van der Waals surface area (Å²) >= 11 is 0. The van der Waals surface area contributed by atoms with E-state index in [1.807, 2.05) is 0 Å². The lowest BCUT2D eigenvalue weighted by atomic mass is 10.0. The van der Waals surface area contributed by atoms with Crippen molar-refractivity contribution in [1.82, 2.24) is 0 Å². The molecule has 1 nitrogen and oxygen atoms in total. The molecular formula is C11H24O. The summed E-state index contributed by atoms with van der Waals surface area (Å²) in [5.41, 5.74) is 0. The summed E-state index contributed by atoms with van der Waals surface area (Å²) in [5.74, 6) is -2.37. The summed E-state index contributed by atoms with van der Waals surface area (Å²) in [6.07, 6.45) is 4.50. The maximum atomic E-state index is 8.60. The molecule has 0 atom stereocenters. The van der Waals surface area contributed by atoms with Crippen molar-refractivity contribution >= 4 is 0 Å². The third-order valence-electron chi connectivity index (χ3n) is 1.83. The van der Waals surface area contributed by atoms with E-state index in [4.69, 9.17) is 14.7 Å². The average molecular weight is 179 g/mol. The second kappa shape index (κ2) is 9.05. The Morgan fingerprint density at radius 2 is 1.67 bits per heavy atom. The van der Waals surface area contributed by atoms with Crippen LogP contribution >= 0.6 is 0 Å². The van der Waals surface area contributed by atoms with Crippen molar-refractivity contribution in [3.8, 4) is 0 Å². The Hall–Kier alpha value is -0.0400. The summed E-state index contributed by atoms with van der Waals surface area (Å²) in [5, 5.41) is 8.60. The molecule has 0 rings (SSSR count). The molecule has 0 saturated heterocycles. The molecule has 0 radical (unpaired) electrons. The molecule has 0 aromatic heterocycles. The lowest BCUT2D eigenvalue weighted by Crippen LogP contribution is -1.87. The maximum Gasteiger partial charge on any atom is 0.0431 e. The van der Waals surface area contributed by atoms with Crippen LogP contribution in [0, 0.1) is 5.89 Å². The van der Waals surface area contributed by atoms with Crippen molar-refractivity contribution in [2.75, 3.05) is 6.61 Å². The fraction of sp³-hybridized carbons (Fsp3) is 1.00. The topological polar surface area (TPSA) is 20.2 Å². The van der Waals surface area contributed by atoms with Crippen LogP contribution in [0.5, 0.6) is 0 Å². The predicted octanol–water partition coefficient (Wildman–Crippen LogP) is 3.37. The minimum Gasteiger partial charge on any atom is -0.396 e. The van der Waals surface area contributed by atoms with E-state index in [2.05, 4.69) is 0 Å². The number of aliphatic hydroxyl groups is 1. The Morgan fingerprint density at radius 1 is 1.08 bits per heavy atom. The molecule has 0 aliphatic heterocycles. The molecule has 0 spiro atoms. The first-order valence-corrected chi connectivity index (χ1v) is 4.67. The van der Waals surface area contributed by atoms with Gasteiger partial charge in [0, 0.05) is 16.2 Å². The molecular weight excluding hydrogens is 148 g/mol. The number of rotatable bonds is 8. The van der Waals surface area contributed by atoms with E-state index in [1.165, 1.54) is 0 Å². The summed E-state index contributed by atoms with van der Waals surface area (Å²) in [4.78, 5) is 0. The predicted molar refractivity (Wildman–Crippen MR) is 54.2 cm³/mol. The van der Waals surface area contributed by atoms with Crippen molar-refractivity contribution in [2.45, 2.75) is 58.6 Å². The van der Waals surface area contributed by atoms with Crippen molar-refractivity contribution in [2.24, 2.45) is 5.89 Å². The van der Waals surface area contributed by atoms with Crippen LogP contribution in [0.2, 0.25) is 0 Å². The molecule has 0 saturated carbocycles. The Kier molecular flexibility index (Phi) is 3.36. The molecule has 0 aromatic carbocycles. The van der Waals surface area contributed by atoms with Crippen LogP contribution < -0.4 is 0 Å². The highest BCUT2D eigenvalue weighted by Crippen LogP contribution is 2.10. The second-order valence-electron chi connectivity index (χ2n) is 3.07. The summed E-state index contributed by atoms with van der Waals surface area (Å²) < 4.78 is 51.4. The third kappa shape index (κ3) is 9.96. The first kappa shape index (κ1) is 4.45. The Morgan fingerprint density at radius 3 is 2.25 bits per heavy atom. The average Bonchev–Trinajstić information content (AvgIpc) is 2.24. The van der Waals surface area contributed by atoms with Crippen molar-refractivity contribution in [3.63, 3.8) is 0 Å². The van der Waals surface area contributed by atoms with Gasteiger partial charge in [0.05, 0.1) is 0 Å². The van der Waals surface area contributed by atoms with Crippen molar-refractivity contribution in [3.05, 3.63) is 0 Å². The standard InChI is InChI=1S/C11H24O/c1-11(2)9-7-5-3-4-6-8-10-12/h11-12H,3-10H2,1-2H3/i1D3,2D3,11D. The first-order valence-electron chi connectivity index (χ1n) is 8.17. The van der Waals surface area contributed by atoms with Gasteiger partial charge in [-0.2, -0.15) is 0 Å². The number of hydrogen-bond acceptors (Lipinski definition) is 1. The SMILES string of the molecule is [2H]C([2H])([2H])C([2H])(CCCCCCCCO)C([2H])([2H])[2H]. The van der Waals surface area contributed by atoms with Crippen molar-refractivity contribution in [1.29, 1.82) is 0 Å². The lowest BCUT2D eigenvalue weighted by Gasteiger charge is -2.03. The quantitative estimate of drug-likeness (QED) is 0.566. The van der Waals surface area contributed by atoms with Gasteiger partial charge in [-0.15, -0.1) is 0 Å². The highest BCUT2D eigenvalue weighted by atomic mass is 16.2. The highest BCUT2D eigenvalue weighted by Gasteiger charge is 1.94. The fourth-order valence-corrected chi connectivity index (χ4v) is 1.12. The molecule has 0 fully saturated rings. The van der Waals surface area contributed by atoms with Crippen LogP contribution in [0.25, 0.3) is 0 Å². The molecule has 12 heavy (non-hydrogen) atoms. The summed E-state index contributed by atoms with van der Waals surface area (Å²) in [7, 11) is 0. The molecule has 74 valence electrons. The molecule has 0 aromatic rings. The minimum absolute atomic E-state index is 0.139. The number of unbranched alkanes of at least 4 members (excludes halogenated alkanes) is 5. The fourth-order valence-electron chi connectivity index (χ4n) is 1.12. The van der Waals surface area contributed by atoms with E-state index in [0.717, 1.165) is 32.1 Å². The molecule has 0 heterocycles. The van der Waals surface area contributed by atoms with Crippen LogP contribution in [0.15, 0.2) is 0 Å². The Bertz CT molecular complexity index is 232. The smallest absolute Gasteiger partial charge is 0.0431 e. The van der Waals surface area contributed by atoms with Gasteiger partial charge in [0.2, 0.25) is 0 Å². The van der Waals surface area contributed by atoms with E-state index >= 15 is 0 Å².